The van der Waals surface area contributed by atoms with E-state index in [0.717, 1.165) is 36.3 Å². The maximum absolute atomic E-state index is 12.9. The zero-order valence-electron chi connectivity index (χ0n) is 16.0. The Morgan fingerprint density at radius 2 is 1.93 bits per heavy atom. The van der Waals surface area contributed by atoms with E-state index in [4.69, 9.17) is 0 Å². The second-order valence-electron chi connectivity index (χ2n) is 7.31. The van der Waals surface area contributed by atoms with Crippen LogP contribution in [-0.2, 0) is 23.0 Å². The lowest BCUT2D eigenvalue weighted by Gasteiger charge is -2.25. The predicted molar refractivity (Wildman–Crippen MR) is 111 cm³/mol. The first-order chi connectivity index (χ1) is 14.3. The normalized spacial score (nSPS) is 17.5. The summed E-state index contributed by atoms with van der Waals surface area (Å²) >= 11 is 1.26. The van der Waals surface area contributed by atoms with Crippen molar-refractivity contribution in [3.05, 3.63) is 45.0 Å². The SMILES string of the molecule is O=C(Nc1nc2c(s1)CN(S(=O)(=O)c1ccc([N+](=O)[O-])cc1)CC2)NC1CCCC1. The first-order valence-electron chi connectivity index (χ1n) is 9.63. The number of nitrogens with one attached hydrogen (secondary N) is 2. The largest absolute Gasteiger partial charge is 0.335 e. The van der Waals surface area contributed by atoms with Crippen molar-refractivity contribution in [2.24, 2.45) is 0 Å². The van der Waals surface area contributed by atoms with E-state index in [9.17, 15) is 23.3 Å². The summed E-state index contributed by atoms with van der Waals surface area (Å²) in [6, 6.07) is 4.76. The van der Waals surface area contributed by atoms with Crippen molar-refractivity contribution in [1.82, 2.24) is 14.6 Å². The van der Waals surface area contributed by atoms with Gasteiger partial charge in [-0.05, 0) is 25.0 Å². The van der Waals surface area contributed by atoms with Gasteiger partial charge >= 0.3 is 6.03 Å². The van der Waals surface area contributed by atoms with E-state index in [1.54, 1.807) is 0 Å². The Labute approximate surface area is 177 Å². The molecule has 4 rings (SSSR count). The Morgan fingerprint density at radius 3 is 2.60 bits per heavy atom. The number of non-ortho nitro benzene ring substituents is 1. The minimum Gasteiger partial charge on any atom is -0.335 e. The number of thiazole rings is 1. The van der Waals surface area contributed by atoms with Crippen molar-refractivity contribution >= 4 is 38.2 Å². The Kier molecular flexibility index (Phi) is 5.71. The van der Waals surface area contributed by atoms with E-state index in [2.05, 4.69) is 15.6 Å². The Balaban J connectivity index is 1.44. The average molecular weight is 452 g/mol. The molecule has 2 aromatic rings. The number of nitrogens with zero attached hydrogens (tertiary/aromatic N) is 3. The fourth-order valence-electron chi connectivity index (χ4n) is 3.71. The smallest absolute Gasteiger partial charge is 0.321 e. The van der Waals surface area contributed by atoms with Gasteiger partial charge in [0.25, 0.3) is 5.69 Å². The third-order valence-corrected chi connectivity index (χ3v) is 8.15. The molecule has 0 spiro atoms. The van der Waals surface area contributed by atoms with Crippen LogP contribution in [0.25, 0.3) is 0 Å². The number of hydrogen-bond donors (Lipinski definition) is 2. The molecule has 2 N–H and O–H groups in total. The molecular weight excluding hydrogens is 430 g/mol. The van der Waals surface area contributed by atoms with Gasteiger partial charge in [-0.1, -0.05) is 24.2 Å². The van der Waals surface area contributed by atoms with Crippen LogP contribution in [0, 0.1) is 10.1 Å². The van der Waals surface area contributed by atoms with E-state index in [1.807, 2.05) is 0 Å². The fourth-order valence-corrected chi connectivity index (χ4v) is 6.22. The van der Waals surface area contributed by atoms with E-state index < -0.39 is 14.9 Å². The zero-order chi connectivity index (χ0) is 21.3. The number of carbonyl (C=O) groups is 1. The topological polar surface area (TPSA) is 135 Å². The lowest BCUT2D eigenvalue weighted by Crippen LogP contribution is -2.36. The molecule has 1 aromatic heterocycles. The van der Waals surface area contributed by atoms with Crippen LogP contribution in [0.2, 0.25) is 0 Å². The Hall–Kier alpha value is -2.57. The number of fused-ring (bicyclic) bond motifs is 1. The summed E-state index contributed by atoms with van der Waals surface area (Å²) in [6.45, 7) is 0.405. The van der Waals surface area contributed by atoms with Crippen LogP contribution in [-0.4, -0.2) is 41.2 Å². The molecule has 2 heterocycles. The molecule has 0 unspecified atom stereocenters. The quantitative estimate of drug-likeness (QED) is 0.530. The summed E-state index contributed by atoms with van der Waals surface area (Å²) in [6.07, 6.45) is 4.64. The average Bonchev–Trinajstić information content (AvgIpc) is 3.36. The molecule has 2 amide bonds. The van der Waals surface area contributed by atoms with Crippen molar-refractivity contribution in [3.8, 4) is 0 Å². The minimum absolute atomic E-state index is 0.00959. The molecule has 1 fully saturated rings. The third-order valence-electron chi connectivity index (χ3n) is 5.29. The molecule has 1 aliphatic heterocycles. The summed E-state index contributed by atoms with van der Waals surface area (Å²) < 4.78 is 27.2. The number of rotatable bonds is 5. The van der Waals surface area contributed by atoms with Crippen LogP contribution in [0.1, 0.15) is 36.3 Å². The molecule has 0 radical (unpaired) electrons. The number of nitro groups is 1. The van der Waals surface area contributed by atoms with E-state index in [0.29, 0.717) is 11.6 Å². The maximum Gasteiger partial charge on any atom is 0.321 e. The van der Waals surface area contributed by atoms with Gasteiger partial charge in [0.15, 0.2) is 5.13 Å². The molecule has 1 aliphatic carbocycles. The van der Waals surface area contributed by atoms with Gasteiger partial charge in [0, 0.05) is 36.0 Å². The molecule has 30 heavy (non-hydrogen) atoms. The second-order valence-corrected chi connectivity index (χ2v) is 10.3. The summed E-state index contributed by atoms with van der Waals surface area (Å²) in [7, 11) is -3.79. The number of anilines is 1. The van der Waals surface area contributed by atoms with Crippen LogP contribution in [0.15, 0.2) is 29.2 Å². The van der Waals surface area contributed by atoms with Crippen LogP contribution >= 0.6 is 11.3 Å². The summed E-state index contributed by atoms with van der Waals surface area (Å²) in [5, 5.41) is 16.9. The van der Waals surface area contributed by atoms with Gasteiger partial charge < -0.3 is 5.32 Å². The standard InChI is InChI=1S/C18H21N5O5S2/c24-17(19-12-3-1-2-4-12)21-18-20-15-9-10-22(11-16(15)29-18)30(27,28)14-7-5-13(6-8-14)23(25)26/h5-8,12H,1-4,9-11H2,(H2,19,20,21,24). The highest BCUT2D eigenvalue weighted by atomic mass is 32.2. The first-order valence-corrected chi connectivity index (χ1v) is 11.9. The number of carbonyl (C=O) groups excluding carboxylic acids is 1. The van der Waals surface area contributed by atoms with Gasteiger partial charge in [0.2, 0.25) is 10.0 Å². The molecule has 1 saturated carbocycles. The predicted octanol–water partition coefficient (Wildman–Crippen LogP) is 2.86. The van der Waals surface area contributed by atoms with Gasteiger partial charge in [-0.3, -0.25) is 15.4 Å². The highest BCUT2D eigenvalue weighted by Gasteiger charge is 2.31. The lowest BCUT2D eigenvalue weighted by molar-refractivity contribution is -0.384. The van der Waals surface area contributed by atoms with Crippen molar-refractivity contribution < 1.29 is 18.1 Å². The minimum atomic E-state index is -3.79. The van der Waals surface area contributed by atoms with Gasteiger partial charge in [-0.2, -0.15) is 4.31 Å². The van der Waals surface area contributed by atoms with Crippen molar-refractivity contribution in [2.75, 3.05) is 11.9 Å². The summed E-state index contributed by atoms with van der Waals surface area (Å²) in [5.74, 6) is 0. The zero-order valence-corrected chi connectivity index (χ0v) is 17.7. The maximum atomic E-state index is 12.9. The number of sulfonamides is 1. The molecular formula is C18H21N5O5S2. The highest BCUT2D eigenvalue weighted by Crippen LogP contribution is 2.31. The third kappa shape index (κ3) is 4.30. The van der Waals surface area contributed by atoms with Crippen LogP contribution in [0.5, 0.6) is 0 Å². The van der Waals surface area contributed by atoms with Crippen molar-refractivity contribution in [2.45, 2.75) is 49.6 Å². The van der Waals surface area contributed by atoms with E-state index >= 15 is 0 Å². The van der Waals surface area contributed by atoms with E-state index in [-0.39, 0.29) is 35.7 Å². The van der Waals surface area contributed by atoms with Gasteiger partial charge in [-0.25, -0.2) is 18.2 Å². The fraction of sp³-hybridized carbons (Fsp3) is 0.444. The number of urea groups is 1. The highest BCUT2D eigenvalue weighted by molar-refractivity contribution is 7.89. The lowest BCUT2D eigenvalue weighted by atomic mass is 10.2. The number of benzene rings is 1. The van der Waals surface area contributed by atoms with Gasteiger partial charge in [0.1, 0.15) is 0 Å². The monoisotopic (exact) mass is 451 g/mol. The summed E-state index contributed by atoms with van der Waals surface area (Å²) in [4.78, 5) is 27.6. The first kappa shape index (κ1) is 20.7. The van der Waals surface area contributed by atoms with Gasteiger partial charge in [0.05, 0.1) is 22.1 Å². The number of amides is 2. The molecule has 0 saturated heterocycles. The molecule has 12 heteroatoms. The molecule has 0 atom stereocenters. The number of nitro benzene ring substituents is 1. The van der Waals surface area contributed by atoms with Crippen molar-refractivity contribution in [1.29, 1.82) is 0 Å². The number of hydrogen-bond acceptors (Lipinski definition) is 7. The second kappa shape index (κ2) is 8.28. The molecule has 2 aliphatic rings. The Bertz CT molecular complexity index is 1060. The van der Waals surface area contributed by atoms with Crippen LogP contribution < -0.4 is 10.6 Å². The molecule has 160 valence electrons. The molecule has 10 nitrogen and oxygen atoms in total. The van der Waals surface area contributed by atoms with E-state index in [1.165, 1.54) is 39.9 Å². The summed E-state index contributed by atoms with van der Waals surface area (Å²) in [5.41, 5.74) is 0.621. The number of aromatic nitrogens is 1. The van der Waals surface area contributed by atoms with Gasteiger partial charge in [-0.15, -0.1) is 0 Å². The molecule has 0 bridgehead atoms. The van der Waals surface area contributed by atoms with Crippen LogP contribution in [0.3, 0.4) is 0 Å². The van der Waals surface area contributed by atoms with Crippen molar-refractivity contribution in [3.63, 3.8) is 0 Å². The van der Waals surface area contributed by atoms with Crippen LogP contribution in [0.4, 0.5) is 15.6 Å². The Morgan fingerprint density at radius 1 is 1.23 bits per heavy atom. The molecule has 1 aromatic carbocycles.